The van der Waals surface area contributed by atoms with Gasteiger partial charge in [-0.05, 0) is 13.0 Å². The van der Waals surface area contributed by atoms with Crippen molar-refractivity contribution >= 4 is 5.97 Å². The van der Waals surface area contributed by atoms with Crippen molar-refractivity contribution in [1.29, 1.82) is 0 Å². The Bertz CT molecular complexity index is 386. The normalized spacial score (nSPS) is 13.9. The van der Waals surface area contributed by atoms with Gasteiger partial charge in [0.2, 0.25) is 0 Å². The molecule has 1 rings (SSSR count). The largest absolute Gasteiger partial charge is 0.490 e. The quantitative estimate of drug-likeness (QED) is 0.732. The zero-order chi connectivity index (χ0) is 12.9. The van der Waals surface area contributed by atoms with Gasteiger partial charge in [-0.1, -0.05) is 18.2 Å². The second-order valence-electron chi connectivity index (χ2n) is 3.82. The number of carbonyl (C=O) groups excluding carboxylic acids is 1. The summed E-state index contributed by atoms with van der Waals surface area (Å²) in [6.07, 6.45) is 0. The Morgan fingerprint density at radius 3 is 2.65 bits per heavy atom. The van der Waals surface area contributed by atoms with Crippen LogP contribution in [-0.4, -0.2) is 35.5 Å². The lowest BCUT2D eigenvalue weighted by Crippen LogP contribution is -2.42. The molecule has 1 atom stereocenters. The molecule has 0 aliphatic rings. The van der Waals surface area contributed by atoms with Gasteiger partial charge in [-0.2, -0.15) is 0 Å². The number of para-hydroxylation sites is 1. The van der Waals surface area contributed by atoms with Crippen LogP contribution in [0.4, 0.5) is 0 Å². The number of ether oxygens (including phenoxy) is 2. The molecule has 1 aromatic rings. The molecule has 0 saturated carbocycles. The lowest BCUT2D eigenvalue weighted by Gasteiger charge is -2.21. The van der Waals surface area contributed by atoms with Crippen LogP contribution in [-0.2, 0) is 16.1 Å². The Morgan fingerprint density at radius 1 is 1.41 bits per heavy atom. The molecule has 1 unspecified atom stereocenters. The molecule has 94 valence electrons. The minimum atomic E-state index is -1.71. The van der Waals surface area contributed by atoms with Gasteiger partial charge in [-0.25, -0.2) is 4.79 Å². The van der Waals surface area contributed by atoms with E-state index in [-0.39, 0.29) is 13.2 Å². The molecule has 0 bridgehead atoms. The van der Waals surface area contributed by atoms with Crippen LogP contribution >= 0.6 is 0 Å². The highest BCUT2D eigenvalue weighted by Crippen LogP contribution is 2.19. The van der Waals surface area contributed by atoms with Gasteiger partial charge >= 0.3 is 5.97 Å². The van der Waals surface area contributed by atoms with Gasteiger partial charge in [0.25, 0.3) is 0 Å². The molecule has 0 radical (unpaired) electrons. The average molecular weight is 240 g/mol. The highest BCUT2D eigenvalue weighted by Gasteiger charge is 2.32. The molecule has 0 amide bonds. The average Bonchev–Trinajstić information content (AvgIpc) is 2.35. The van der Waals surface area contributed by atoms with Gasteiger partial charge in [0.05, 0.1) is 13.7 Å². The summed E-state index contributed by atoms with van der Waals surface area (Å²) in [4.78, 5) is 11.2. The lowest BCUT2D eigenvalue weighted by molar-refractivity contribution is -0.163. The van der Waals surface area contributed by atoms with E-state index in [4.69, 9.17) is 9.84 Å². The van der Waals surface area contributed by atoms with Crippen LogP contribution in [0, 0.1) is 0 Å². The Hall–Kier alpha value is -1.59. The Balaban J connectivity index is 2.70. The summed E-state index contributed by atoms with van der Waals surface area (Å²) in [7, 11) is 1.19. The summed E-state index contributed by atoms with van der Waals surface area (Å²) in [6, 6.07) is 6.85. The van der Waals surface area contributed by atoms with Crippen molar-refractivity contribution in [3.8, 4) is 5.75 Å². The summed E-state index contributed by atoms with van der Waals surface area (Å²) in [6.45, 7) is 0.896. The number of esters is 1. The second-order valence-corrected chi connectivity index (χ2v) is 3.82. The smallest absolute Gasteiger partial charge is 0.341 e. The SMILES string of the molecule is COC(=O)C(C)(O)COc1ccccc1CO. The van der Waals surface area contributed by atoms with Crippen LogP contribution in [0.3, 0.4) is 0 Å². The van der Waals surface area contributed by atoms with E-state index in [9.17, 15) is 9.90 Å². The van der Waals surface area contributed by atoms with Crippen LogP contribution in [0.25, 0.3) is 0 Å². The van der Waals surface area contributed by atoms with Gasteiger partial charge < -0.3 is 19.7 Å². The number of aliphatic hydroxyl groups excluding tert-OH is 1. The minimum absolute atomic E-state index is 0.170. The monoisotopic (exact) mass is 240 g/mol. The number of methoxy groups -OCH3 is 1. The van der Waals surface area contributed by atoms with Crippen molar-refractivity contribution in [2.24, 2.45) is 0 Å². The van der Waals surface area contributed by atoms with E-state index in [2.05, 4.69) is 4.74 Å². The first kappa shape index (κ1) is 13.5. The van der Waals surface area contributed by atoms with Crippen molar-refractivity contribution in [2.45, 2.75) is 19.1 Å². The van der Waals surface area contributed by atoms with Crippen LogP contribution in [0.1, 0.15) is 12.5 Å². The van der Waals surface area contributed by atoms with Crippen molar-refractivity contribution < 1.29 is 24.5 Å². The third-order valence-electron chi connectivity index (χ3n) is 2.28. The highest BCUT2D eigenvalue weighted by molar-refractivity contribution is 5.78. The lowest BCUT2D eigenvalue weighted by atomic mass is 10.1. The molecule has 0 spiro atoms. The van der Waals surface area contributed by atoms with E-state index in [1.807, 2.05) is 0 Å². The number of carbonyl (C=O) groups is 1. The Kier molecular flexibility index (Phi) is 4.48. The minimum Gasteiger partial charge on any atom is -0.490 e. The highest BCUT2D eigenvalue weighted by atomic mass is 16.6. The molecule has 5 nitrogen and oxygen atoms in total. The summed E-state index contributed by atoms with van der Waals surface area (Å²) >= 11 is 0. The first-order valence-corrected chi connectivity index (χ1v) is 5.13. The molecular formula is C12H16O5. The van der Waals surface area contributed by atoms with Crippen molar-refractivity contribution in [2.75, 3.05) is 13.7 Å². The predicted octanol–water partition coefficient (Wildman–Crippen LogP) is 0.482. The molecular weight excluding hydrogens is 224 g/mol. The molecule has 0 aliphatic heterocycles. The van der Waals surface area contributed by atoms with E-state index in [1.54, 1.807) is 24.3 Å². The van der Waals surface area contributed by atoms with Crippen LogP contribution in [0.2, 0.25) is 0 Å². The fraction of sp³-hybridized carbons (Fsp3) is 0.417. The van der Waals surface area contributed by atoms with Crippen LogP contribution < -0.4 is 4.74 Å². The molecule has 5 heteroatoms. The number of hydrogen-bond donors (Lipinski definition) is 2. The van der Waals surface area contributed by atoms with E-state index in [0.29, 0.717) is 11.3 Å². The Morgan fingerprint density at radius 2 is 2.06 bits per heavy atom. The number of hydrogen-bond acceptors (Lipinski definition) is 5. The molecule has 2 N–H and O–H groups in total. The van der Waals surface area contributed by atoms with Gasteiger partial charge in [0.1, 0.15) is 12.4 Å². The maximum atomic E-state index is 11.2. The molecule has 0 aliphatic carbocycles. The second kappa shape index (κ2) is 5.65. The maximum Gasteiger partial charge on any atom is 0.341 e. The maximum absolute atomic E-state index is 11.2. The fourth-order valence-electron chi connectivity index (χ4n) is 1.27. The van der Waals surface area contributed by atoms with Crippen LogP contribution in [0.15, 0.2) is 24.3 Å². The summed E-state index contributed by atoms with van der Waals surface area (Å²) in [5, 5.41) is 18.8. The topological polar surface area (TPSA) is 76.0 Å². The first-order chi connectivity index (χ1) is 8.01. The third kappa shape index (κ3) is 3.44. The summed E-state index contributed by atoms with van der Waals surface area (Å²) in [5.74, 6) is -0.335. The van der Waals surface area contributed by atoms with E-state index < -0.39 is 11.6 Å². The molecule has 1 aromatic carbocycles. The zero-order valence-corrected chi connectivity index (χ0v) is 9.84. The molecule has 0 aromatic heterocycles. The van der Waals surface area contributed by atoms with Gasteiger partial charge in [-0.15, -0.1) is 0 Å². The van der Waals surface area contributed by atoms with Crippen LogP contribution in [0.5, 0.6) is 5.75 Å². The summed E-state index contributed by atoms with van der Waals surface area (Å²) < 4.78 is 9.75. The van der Waals surface area contributed by atoms with Crippen molar-refractivity contribution in [3.05, 3.63) is 29.8 Å². The van der Waals surface area contributed by atoms with Crippen molar-refractivity contribution in [3.63, 3.8) is 0 Å². The third-order valence-corrected chi connectivity index (χ3v) is 2.28. The van der Waals surface area contributed by atoms with E-state index in [1.165, 1.54) is 14.0 Å². The number of benzene rings is 1. The number of rotatable bonds is 5. The molecule has 0 fully saturated rings. The fourth-order valence-corrected chi connectivity index (χ4v) is 1.27. The Labute approximate surface area is 99.6 Å². The van der Waals surface area contributed by atoms with Crippen molar-refractivity contribution in [1.82, 2.24) is 0 Å². The van der Waals surface area contributed by atoms with E-state index >= 15 is 0 Å². The molecule has 0 saturated heterocycles. The predicted molar refractivity (Wildman–Crippen MR) is 60.5 cm³/mol. The molecule has 17 heavy (non-hydrogen) atoms. The standard InChI is InChI=1S/C12H16O5/c1-12(15,11(14)16-2)8-17-10-6-4-3-5-9(10)7-13/h3-6,13,15H,7-8H2,1-2H3. The number of aliphatic hydroxyl groups is 2. The van der Waals surface area contributed by atoms with Gasteiger partial charge in [0, 0.05) is 5.56 Å². The van der Waals surface area contributed by atoms with Gasteiger partial charge in [-0.3, -0.25) is 0 Å². The summed E-state index contributed by atoms with van der Waals surface area (Å²) in [5.41, 5.74) is -1.12. The first-order valence-electron chi connectivity index (χ1n) is 5.13. The molecule has 0 heterocycles. The van der Waals surface area contributed by atoms with Gasteiger partial charge in [0.15, 0.2) is 5.60 Å². The zero-order valence-electron chi connectivity index (χ0n) is 9.84. The van der Waals surface area contributed by atoms with E-state index in [0.717, 1.165) is 0 Å².